The zero-order valence-corrected chi connectivity index (χ0v) is 17.9. The summed E-state index contributed by atoms with van der Waals surface area (Å²) in [5, 5.41) is 8.57. The minimum Gasteiger partial charge on any atom is -0.375 e. The fourth-order valence-corrected chi connectivity index (χ4v) is 5.14. The lowest BCUT2D eigenvalue weighted by molar-refractivity contribution is -0.153. The van der Waals surface area contributed by atoms with Gasteiger partial charge in [0, 0.05) is 24.9 Å². The quantitative estimate of drug-likeness (QED) is 0.662. The SMILES string of the molecule is COCc1nc(-c2ccc3c(c2)CC2(C(=O)NC(=O)NC2=O)[C@H]2[C@H](C)O[C@H](C)CN32)no1. The highest BCUT2D eigenvalue weighted by atomic mass is 16.5. The van der Waals surface area contributed by atoms with Crippen LogP contribution in [0.25, 0.3) is 11.4 Å². The lowest BCUT2D eigenvalue weighted by atomic mass is 9.66. The fourth-order valence-electron chi connectivity index (χ4n) is 5.14. The molecule has 2 aromatic rings. The number of aromatic nitrogens is 2. The third-order valence-electron chi connectivity index (χ3n) is 6.30. The summed E-state index contributed by atoms with van der Waals surface area (Å²) in [5.41, 5.74) is 0.852. The molecule has 3 aliphatic heterocycles. The molecule has 0 saturated carbocycles. The summed E-state index contributed by atoms with van der Waals surface area (Å²) in [6.07, 6.45) is -0.410. The minimum absolute atomic E-state index is 0.103. The summed E-state index contributed by atoms with van der Waals surface area (Å²) in [6, 6.07) is 4.29. The van der Waals surface area contributed by atoms with Gasteiger partial charge in [0.15, 0.2) is 5.41 Å². The Morgan fingerprint density at radius 1 is 1.22 bits per heavy atom. The van der Waals surface area contributed by atoms with Gasteiger partial charge in [0.25, 0.3) is 5.89 Å². The second kappa shape index (κ2) is 7.38. The maximum absolute atomic E-state index is 13.2. The molecule has 1 spiro atoms. The molecule has 3 aliphatic rings. The fraction of sp³-hybridized carbons (Fsp3) is 0.476. The van der Waals surface area contributed by atoms with E-state index in [-0.39, 0.29) is 19.1 Å². The van der Waals surface area contributed by atoms with Gasteiger partial charge in [0.05, 0.1) is 18.2 Å². The Morgan fingerprint density at radius 3 is 2.69 bits per heavy atom. The molecule has 2 fully saturated rings. The van der Waals surface area contributed by atoms with Crippen LogP contribution in [0.2, 0.25) is 0 Å². The van der Waals surface area contributed by atoms with Crippen molar-refractivity contribution in [3.8, 4) is 11.4 Å². The molecule has 5 rings (SSSR count). The largest absolute Gasteiger partial charge is 0.375 e. The van der Waals surface area contributed by atoms with E-state index < -0.39 is 35.4 Å². The molecular formula is C21H23N5O6. The topological polar surface area (TPSA) is 136 Å². The number of imide groups is 2. The normalized spacial score (nSPS) is 26.4. The van der Waals surface area contributed by atoms with E-state index in [1.165, 1.54) is 7.11 Å². The Hall–Kier alpha value is -3.31. The van der Waals surface area contributed by atoms with Gasteiger partial charge < -0.3 is 18.9 Å². The Bertz CT molecular complexity index is 1090. The molecule has 0 bridgehead atoms. The predicted molar refractivity (Wildman–Crippen MR) is 109 cm³/mol. The first kappa shape index (κ1) is 20.6. The van der Waals surface area contributed by atoms with Crippen LogP contribution in [0.1, 0.15) is 25.3 Å². The Kier molecular flexibility index (Phi) is 4.75. The van der Waals surface area contributed by atoms with Crippen molar-refractivity contribution >= 4 is 23.5 Å². The smallest absolute Gasteiger partial charge is 0.328 e. The first-order chi connectivity index (χ1) is 15.3. The highest BCUT2D eigenvalue weighted by Crippen LogP contribution is 2.47. The van der Waals surface area contributed by atoms with Crippen LogP contribution in [-0.4, -0.2) is 59.9 Å². The lowest BCUT2D eigenvalue weighted by Crippen LogP contribution is -2.75. The van der Waals surface area contributed by atoms with Gasteiger partial charge in [-0.3, -0.25) is 20.2 Å². The number of hydrogen-bond donors (Lipinski definition) is 2. The van der Waals surface area contributed by atoms with Crippen LogP contribution in [0.4, 0.5) is 10.5 Å². The number of methoxy groups -OCH3 is 1. The molecule has 0 unspecified atom stereocenters. The van der Waals surface area contributed by atoms with Crippen LogP contribution < -0.4 is 15.5 Å². The average Bonchev–Trinajstić information content (AvgIpc) is 3.20. The van der Waals surface area contributed by atoms with Crippen LogP contribution in [0, 0.1) is 5.41 Å². The molecule has 3 atom stereocenters. The van der Waals surface area contributed by atoms with Crippen LogP contribution in [0.3, 0.4) is 0 Å². The van der Waals surface area contributed by atoms with Gasteiger partial charge in [0.1, 0.15) is 6.61 Å². The Labute approximate surface area is 183 Å². The molecule has 11 nitrogen and oxygen atoms in total. The number of morpholine rings is 1. The number of anilines is 1. The maximum atomic E-state index is 13.2. The molecule has 2 saturated heterocycles. The van der Waals surface area contributed by atoms with Gasteiger partial charge >= 0.3 is 6.03 Å². The summed E-state index contributed by atoms with van der Waals surface area (Å²) in [4.78, 5) is 44.5. The van der Waals surface area contributed by atoms with Crippen molar-refractivity contribution in [3.63, 3.8) is 0 Å². The number of nitrogens with one attached hydrogen (secondary N) is 2. The second-order valence-electron chi connectivity index (χ2n) is 8.42. The van der Waals surface area contributed by atoms with E-state index in [1.807, 2.05) is 36.9 Å². The highest BCUT2D eigenvalue weighted by molar-refractivity contribution is 6.20. The molecule has 0 radical (unpaired) electrons. The van der Waals surface area contributed by atoms with E-state index in [1.54, 1.807) is 0 Å². The number of urea groups is 1. The van der Waals surface area contributed by atoms with Crippen LogP contribution in [0.15, 0.2) is 22.7 Å². The maximum Gasteiger partial charge on any atom is 0.328 e. The number of benzene rings is 1. The summed E-state index contributed by atoms with van der Waals surface area (Å²) in [6.45, 7) is 4.49. The third-order valence-corrected chi connectivity index (χ3v) is 6.30. The van der Waals surface area contributed by atoms with Crippen molar-refractivity contribution in [2.24, 2.45) is 5.41 Å². The van der Waals surface area contributed by atoms with Gasteiger partial charge in [-0.15, -0.1) is 0 Å². The van der Waals surface area contributed by atoms with Gasteiger partial charge in [0.2, 0.25) is 17.6 Å². The number of nitrogens with zero attached hydrogens (tertiary/aromatic N) is 3. The lowest BCUT2D eigenvalue weighted by Gasteiger charge is -2.55. The minimum atomic E-state index is -1.52. The molecule has 168 valence electrons. The van der Waals surface area contributed by atoms with E-state index >= 15 is 0 Å². The second-order valence-corrected chi connectivity index (χ2v) is 8.42. The molecule has 1 aromatic heterocycles. The van der Waals surface area contributed by atoms with Gasteiger partial charge in [-0.2, -0.15) is 4.98 Å². The molecule has 4 amide bonds. The van der Waals surface area contributed by atoms with Gasteiger partial charge in [-0.25, -0.2) is 4.79 Å². The number of carbonyl (C=O) groups is 3. The van der Waals surface area contributed by atoms with Gasteiger partial charge in [-0.05, 0) is 44.0 Å². The van der Waals surface area contributed by atoms with E-state index in [9.17, 15) is 14.4 Å². The van der Waals surface area contributed by atoms with E-state index in [4.69, 9.17) is 14.0 Å². The Balaban J connectivity index is 1.62. The van der Waals surface area contributed by atoms with Crippen molar-refractivity contribution in [3.05, 3.63) is 29.7 Å². The number of barbiturate groups is 1. The van der Waals surface area contributed by atoms with Crippen molar-refractivity contribution in [1.82, 2.24) is 20.8 Å². The standard InChI is InChI=1S/C21H23N5O6/c1-10-8-26-14-5-4-12(17-22-15(9-30-3)32-25-17)6-13(14)7-21(16(26)11(2)31-10)18(27)23-20(29)24-19(21)28/h4-6,10-11,16H,7-9H2,1-3H3,(H2,23,24,27,28,29)/t10-,11+,16-/m1/s1. The molecule has 0 aliphatic carbocycles. The molecule has 4 heterocycles. The molecular weight excluding hydrogens is 418 g/mol. The van der Waals surface area contributed by atoms with Gasteiger partial charge in [-0.1, -0.05) is 5.16 Å². The first-order valence-corrected chi connectivity index (χ1v) is 10.4. The zero-order valence-electron chi connectivity index (χ0n) is 17.9. The van der Waals surface area contributed by atoms with Crippen molar-refractivity contribution < 1.29 is 28.4 Å². The van der Waals surface area contributed by atoms with Crippen LogP contribution in [-0.2, 0) is 32.1 Å². The number of fused-ring (bicyclic) bond motifs is 4. The Morgan fingerprint density at radius 2 is 1.97 bits per heavy atom. The van der Waals surface area contributed by atoms with Crippen LogP contribution in [0.5, 0.6) is 0 Å². The number of hydrogen-bond acceptors (Lipinski definition) is 9. The predicted octanol–water partition coefficient (Wildman–Crippen LogP) is 0.774. The zero-order chi connectivity index (χ0) is 22.6. The summed E-state index contributed by atoms with van der Waals surface area (Å²) in [7, 11) is 1.54. The summed E-state index contributed by atoms with van der Waals surface area (Å²) >= 11 is 0. The average molecular weight is 441 g/mol. The molecule has 1 aromatic carbocycles. The first-order valence-electron chi connectivity index (χ1n) is 10.4. The summed E-state index contributed by atoms with van der Waals surface area (Å²) < 4.78 is 16.2. The third kappa shape index (κ3) is 3.00. The number of rotatable bonds is 3. The molecule has 2 N–H and O–H groups in total. The van der Waals surface area contributed by atoms with Crippen molar-refractivity contribution in [1.29, 1.82) is 0 Å². The molecule has 11 heteroatoms. The monoisotopic (exact) mass is 441 g/mol. The van der Waals surface area contributed by atoms with Crippen molar-refractivity contribution in [2.45, 2.75) is 45.1 Å². The van der Waals surface area contributed by atoms with Crippen LogP contribution >= 0.6 is 0 Å². The highest BCUT2D eigenvalue weighted by Gasteiger charge is 2.62. The number of amides is 4. The molecule has 32 heavy (non-hydrogen) atoms. The number of ether oxygens (including phenoxy) is 2. The van der Waals surface area contributed by atoms with Crippen molar-refractivity contribution in [2.75, 3.05) is 18.6 Å². The van der Waals surface area contributed by atoms with E-state index in [0.29, 0.717) is 23.8 Å². The van der Waals surface area contributed by atoms with E-state index in [0.717, 1.165) is 11.3 Å². The van der Waals surface area contributed by atoms with E-state index in [2.05, 4.69) is 20.8 Å². The number of carbonyl (C=O) groups excluding carboxylic acids is 3. The summed E-state index contributed by atoms with van der Waals surface area (Å²) in [5.74, 6) is -0.516.